The summed E-state index contributed by atoms with van der Waals surface area (Å²) in [5.41, 5.74) is -0.442. The Kier molecular flexibility index (Phi) is 4.42. The number of rotatable bonds is 5. The minimum Gasteiger partial charge on any atom is -0.496 e. The van der Waals surface area contributed by atoms with Gasteiger partial charge in [-0.1, -0.05) is 18.2 Å². The number of methoxy groups -OCH3 is 1. The van der Waals surface area contributed by atoms with Crippen LogP contribution in [0.5, 0.6) is 5.75 Å². The molecule has 1 aliphatic heterocycles. The van der Waals surface area contributed by atoms with Gasteiger partial charge in [0.25, 0.3) is 5.56 Å². The molecule has 1 aliphatic rings. The SMILES string of the molecule is COc1ccccc1C[C@@]1(O)C[C@@H](CO)O[C@H]1n1cnc2c(=O)[nH]cnc21. The summed E-state index contributed by atoms with van der Waals surface area (Å²) in [6.07, 6.45) is 1.74. The van der Waals surface area contributed by atoms with E-state index >= 15 is 0 Å². The lowest BCUT2D eigenvalue weighted by Gasteiger charge is -2.30. The first-order valence-corrected chi connectivity index (χ1v) is 8.56. The molecule has 1 saturated heterocycles. The highest BCUT2D eigenvalue weighted by Gasteiger charge is 2.49. The largest absolute Gasteiger partial charge is 0.496 e. The molecule has 1 fully saturated rings. The molecule has 0 spiro atoms. The lowest BCUT2D eigenvalue weighted by molar-refractivity contribution is -0.0936. The van der Waals surface area contributed by atoms with Crippen LogP contribution >= 0.6 is 0 Å². The number of para-hydroxylation sites is 1. The molecular formula is C18H20N4O5. The van der Waals surface area contributed by atoms with Gasteiger partial charge in [0, 0.05) is 12.8 Å². The number of nitrogens with zero attached hydrogens (tertiary/aromatic N) is 3. The molecule has 27 heavy (non-hydrogen) atoms. The number of hydrogen-bond donors (Lipinski definition) is 3. The van der Waals surface area contributed by atoms with Crippen molar-refractivity contribution in [3.8, 4) is 5.75 Å². The zero-order chi connectivity index (χ0) is 19.0. The summed E-state index contributed by atoms with van der Waals surface area (Å²) in [6.45, 7) is -0.231. The van der Waals surface area contributed by atoms with Crippen molar-refractivity contribution in [1.29, 1.82) is 0 Å². The molecule has 2 aromatic heterocycles. The molecule has 3 aromatic rings. The first-order valence-electron chi connectivity index (χ1n) is 8.56. The Morgan fingerprint density at radius 3 is 3.00 bits per heavy atom. The van der Waals surface area contributed by atoms with Gasteiger partial charge in [0.15, 0.2) is 17.4 Å². The summed E-state index contributed by atoms with van der Waals surface area (Å²) in [4.78, 5) is 22.7. The first kappa shape index (κ1) is 17.7. The predicted octanol–water partition coefficient (Wildman–Crippen LogP) is 0.382. The molecule has 0 amide bonds. The fraction of sp³-hybridized carbons (Fsp3) is 0.389. The molecule has 0 saturated carbocycles. The highest BCUT2D eigenvalue weighted by atomic mass is 16.5. The van der Waals surface area contributed by atoms with E-state index < -0.39 is 17.9 Å². The number of imidazole rings is 1. The Hall–Kier alpha value is -2.75. The maximum Gasteiger partial charge on any atom is 0.278 e. The number of aliphatic hydroxyl groups is 2. The van der Waals surface area contributed by atoms with E-state index in [1.165, 1.54) is 17.2 Å². The lowest BCUT2D eigenvalue weighted by Crippen LogP contribution is -2.38. The summed E-state index contributed by atoms with van der Waals surface area (Å²) in [6, 6.07) is 7.41. The third-order valence-corrected chi connectivity index (χ3v) is 4.87. The van der Waals surface area contributed by atoms with Crippen molar-refractivity contribution >= 4 is 11.2 Å². The van der Waals surface area contributed by atoms with E-state index in [2.05, 4.69) is 15.0 Å². The molecule has 0 bridgehead atoms. The molecule has 0 radical (unpaired) electrons. The van der Waals surface area contributed by atoms with Crippen LogP contribution in [-0.4, -0.2) is 55.2 Å². The van der Waals surface area contributed by atoms with Gasteiger partial charge in [-0.05, 0) is 11.6 Å². The van der Waals surface area contributed by atoms with Crippen molar-refractivity contribution in [1.82, 2.24) is 19.5 Å². The minimum absolute atomic E-state index is 0.160. The van der Waals surface area contributed by atoms with E-state index in [1.54, 1.807) is 7.11 Å². The topological polar surface area (TPSA) is 122 Å². The van der Waals surface area contributed by atoms with Gasteiger partial charge in [0.2, 0.25) is 0 Å². The molecule has 142 valence electrons. The summed E-state index contributed by atoms with van der Waals surface area (Å²) >= 11 is 0. The van der Waals surface area contributed by atoms with Crippen LogP contribution in [0.2, 0.25) is 0 Å². The van der Waals surface area contributed by atoms with Crippen LogP contribution in [0.25, 0.3) is 11.2 Å². The molecule has 3 atom stereocenters. The van der Waals surface area contributed by atoms with Gasteiger partial charge < -0.3 is 24.7 Å². The van der Waals surface area contributed by atoms with Gasteiger partial charge >= 0.3 is 0 Å². The normalized spacial score (nSPS) is 25.1. The van der Waals surface area contributed by atoms with Gasteiger partial charge in [0.1, 0.15) is 11.4 Å². The number of aromatic amines is 1. The number of nitrogens with one attached hydrogen (secondary N) is 1. The van der Waals surface area contributed by atoms with E-state index in [4.69, 9.17) is 9.47 Å². The zero-order valence-corrected chi connectivity index (χ0v) is 14.7. The highest BCUT2D eigenvalue weighted by Crippen LogP contribution is 2.42. The second-order valence-corrected chi connectivity index (χ2v) is 6.65. The van der Waals surface area contributed by atoms with Gasteiger partial charge in [-0.2, -0.15) is 0 Å². The van der Waals surface area contributed by atoms with Gasteiger partial charge in [-0.25, -0.2) is 9.97 Å². The fourth-order valence-electron chi connectivity index (χ4n) is 3.66. The van der Waals surface area contributed by atoms with Crippen LogP contribution in [0.1, 0.15) is 18.2 Å². The van der Waals surface area contributed by atoms with Crippen molar-refractivity contribution in [3.63, 3.8) is 0 Å². The van der Waals surface area contributed by atoms with E-state index in [0.717, 1.165) is 5.56 Å². The van der Waals surface area contributed by atoms with Crippen molar-refractivity contribution in [2.45, 2.75) is 30.8 Å². The molecular weight excluding hydrogens is 352 g/mol. The third-order valence-electron chi connectivity index (χ3n) is 4.87. The molecule has 3 heterocycles. The van der Waals surface area contributed by atoms with Gasteiger partial charge in [0.05, 0.1) is 32.5 Å². The molecule has 9 heteroatoms. The highest BCUT2D eigenvalue weighted by molar-refractivity contribution is 5.69. The fourth-order valence-corrected chi connectivity index (χ4v) is 3.66. The van der Waals surface area contributed by atoms with Crippen LogP contribution in [-0.2, 0) is 11.2 Å². The Labute approximate surface area is 154 Å². The Bertz CT molecular complexity index is 1020. The number of H-pyrrole nitrogens is 1. The van der Waals surface area contributed by atoms with Crippen molar-refractivity contribution in [2.75, 3.05) is 13.7 Å². The van der Waals surface area contributed by atoms with Crippen LogP contribution in [0.4, 0.5) is 0 Å². The Morgan fingerprint density at radius 2 is 2.22 bits per heavy atom. The quantitative estimate of drug-likeness (QED) is 0.592. The van der Waals surface area contributed by atoms with Crippen LogP contribution < -0.4 is 10.3 Å². The van der Waals surface area contributed by atoms with Crippen LogP contribution in [0.3, 0.4) is 0 Å². The van der Waals surface area contributed by atoms with Gasteiger partial charge in [-0.3, -0.25) is 9.36 Å². The Morgan fingerprint density at radius 1 is 1.41 bits per heavy atom. The average Bonchev–Trinajstić information content (AvgIpc) is 3.24. The number of aliphatic hydroxyl groups excluding tert-OH is 1. The van der Waals surface area contributed by atoms with Gasteiger partial charge in [-0.15, -0.1) is 0 Å². The summed E-state index contributed by atoms with van der Waals surface area (Å²) in [5.74, 6) is 0.655. The number of fused-ring (bicyclic) bond motifs is 1. The monoisotopic (exact) mass is 372 g/mol. The first-order chi connectivity index (χ1) is 13.1. The van der Waals surface area contributed by atoms with E-state index in [0.29, 0.717) is 11.4 Å². The van der Waals surface area contributed by atoms with E-state index in [9.17, 15) is 15.0 Å². The standard InChI is InChI=1S/C18H20N4O5/c1-26-13-5-3-2-4-11(13)6-18(25)7-12(8-23)27-17(18)22-10-21-14-15(22)19-9-20-16(14)24/h2-5,9-10,12,17,23,25H,6-8H2,1H3,(H,19,20,24)/t12-,17+,18+/m0/s1. The number of hydrogen-bond acceptors (Lipinski definition) is 7. The number of aromatic nitrogens is 4. The minimum atomic E-state index is -1.35. The summed E-state index contributed by atoms with van der Waals surface area (Å²) in [5, 5.41) is 21.1. The summed E-state index contributed by atoms with van der Waals surface area (Å²) < 4.78 is 12.8. The van der Waals surface area contributed by atoms with Crippen LogP contribution in [0, 0.1) is 0 Å². The Balaban J connectivity index is 1.77. The maximum absolute atomic E-state index is 11.9. The summed E-state index contributed by atoms with van der Waals surface area (Å²) in [7, 11) is 1.57. The molecule has 0 aliphatic carbocycles. The van der Waals surface area contributed by atoms with Crippen molar-refractivity contribution in [2.24, 2.45) is 0 Å². The van der Waals surface area contributed by atoms with Crippen molar-refractivity contribution < 1.29 is 19.7 Å². The number of benzene rings is 1. The molecule has 3 N–H and O–H groups in total. The van der Waals surface area contributed by atoms with E-state index in [-0.39, 0.29) is 30.5 Å². The molecule has 0 unspecified atom stereocenters. The van der Waals surface area contributed by atoms with Crippen molar-refractivity contribution in [3.05, 3.63) is 52.8 Å². The smallest absolute Gasteiger partial charge is 0.278 e. The average molecular weight is 372 g/mol. The predicted molar refractivity (Wildman–Crippen MR) is 95.4 cm³/mol. The number of ether oxygens (including phenoxy) is 2. The molecule has 1 aromatic carbocycles. The lowest BCUT2D eigenvalue weighted by atomic mass is 9.89. The molecule has 9 nitrogen and oxygen atoms in total. The molecule has 4 rings (SSSR count). The maximum atomic E-state index is 11.9. The second kappa shape index (κ2) is 6.76. The van der Waals surface area contributed by atoms with E-state index in [1.807, 2.05) is 24.3 Å². The second-order valence-electron chi connectivity index (χ2n) is 6.65. The third kappa shape index (κ3) is 2.99. The zero-order valence-electron chi connectivity index (χ0n) is 14.7. The van der Waals surface area contributed by atoms with Crippen LogP contribution in [0.15, 0.2) is 41.7 Å².